The van der Waals surface area contributed by atoms with Crippen LogP contribution in [0.15, 0.2) is 30.3 Å². The Balaban J connectivity index is 1.75. The predicted octanol–water partition coefficient (Wildman–Crippen LogP) is 3.80. The Labute approximate surface area is 123 Å². The Hall–Kier alpha value is 0.260. The van der Waals surface area contributed by atoms with E-state index in [1.54, 1.807) is 0 Å². The van der Waals surface area contributed by atoms with Crippen molar-refractivity contribution in [3.05, 3.63) is 30.3 Å². The van der Waals surface area contributed by atoms with Crippen LogP contribution < -0.4 is 3.61 Å². The summed E-state index contributed by atoms with van der Waals surface area (Å²) in [7, 11) is 7.08. The van der Waals surface area contributed by atoms with Crippen molar-refractivity contribution in [1.29, 1.82) is 0 Å². The van der Waals surface area contributed by atoms with E-state index in [-0.39, 0.29) is 0 Å². The van der Waals surface area contributed by atoms with Gasteiger partial charge in [0.05, 0.1) is 0 Å². The van der Waals surface area contributed by atoms with Crippen LogP contribution in [0.5, 0.6) is 0 Å². The Kier molecular flexibility index (Phi) is 2.67. The van der Waals surface area contributed by atoms with E-state index in [2.05, 4.69) is 44.2 Å². The molecule has 1 spiro atoms. The molecule has 0 aromatic heterocycles. The average Bonchev–Trinajstić information content (AvgIpc) is 2.91. The van der Waals surface area contributed by atoms with E-state index < -0.39 is 17.5 Å². The van der Waals surface area contributed by atoms with E-state index in [1.165, 1.54) is 22.9 Å². The second kappa shape index (κ2) is 3.92. The molecule has 1 aromatic carbocycles. The Bertz CT molecular complexity index is 517. The van der Waals surface area contributed by atoms with Gasteiger partial charge in [-0.25, -0.2) is 0 Å². The summed E-state index contributed by atoms with van der Waals surface area (Å²) in [5.74, 6) is 0.859. The number of halogens is 1. The normalized spacial score (nSPS) is 49.8. The summed E-state index contributed by atoms with van der Waals surface area (Å²) in [4.78, 5) is 0. The van der Waals surface area contributed by atoms with Crippen molar-refractivity contribution in [3.63, 3.8) is 0 Å². The minimum absolute atomic E-state index is 0.385. The van der Waals surface area contributed by atoms with E-state index in [1.807, 2.05) is 0 Å². The zero-order valence-electron chi connectivity index (χ0n) is 11.6. The van der Waals surface area contributed by atoms with Gasteiger partial charge in [-0.1, -0.05) is 0 Å². The number of rotatable bonds is 1. The van der Waals surface area contributed by atoms with Crippen molar-refractivity contribution in [2.24, 2.45) is 16.7 Å². The van der Waals surface area contributed by atoms with Crippen LogP contribution in [0.3, 0.4) is 0 Å². The first-order valence-corrected chi connectivity index (χ1v) is 13.9. The van der Waals surface area contributed by atoms with Crippen molar-refractivity contribution in [1.82, 2.24) is 0 Å². The quantitative estimate of drug-likeness (QED) is 0.661. The summed E-state index contributed by atoms with van der Waals surface area (Å²) < 4.78 is 9.05. The number of hydrogen-bond donors (Lipinski definition) is 0. The van der Waals surface area contributed by atoms with Crippen LogP contribution in [0, 0.1) is 16.7 Å². The zero-order valence-corrected chi connectivity index (χ0v) is 14.7. The molecular weight excluding hydrogens is 371 g/mol. The first kappa shape index (κ1) is 13.0. The molecule has 1 nitrogen and oxygen atoms in total. The van der Waals surface area contributed by atoms with Crippen molar-refractivity contribution < 1.29 is 3.10 Å². The van der Waals surface area contributed by atoms with Gasteiger partial charge < -0.3 is 0 Å². The number of fused-ring (bicyclic) bond motifs is 1. The van der Waals surface area contributed by atoms with Gasteiger partial charge in [-0.15, -0.1) is 0 Å². The number of hydrogen-bond acceptors (Lipinski definition) is 1. The van der Waals surface area contributed by atoms with Gasteiger partial charge in [0.2, 0.25) is 0 Å². The Morgan fingerprint density at radius 3 is 2.63 bits per heavy atom. The average molecular weight is 392 g/mol. The summed E-state index contributed by atoms with van der Waals surface area (Å²) in [6.45, 7) is 4.93. The van der Waals surface area contributed by atoms with E-state index in [0.29, 0.717) is 16.9 Å². The van der Waals surface area contributed by atoms with Crippen molar-refractivity contribution in [3.8, 4) is 0 Å². The van der Waals surface area contributed by atoms with Gasteiger partial charge in [-0.2, -0.15) is 0 Å². The van der Waals surface area contributed by atoms with Crippen molar-refractivity contribution in [2.75, 3.05) is 0 Å². The van der Waals surface area contributed by atoms with Gasteiger partial charge in [0.15, 0.2) is 0 Å². The molecule has 0 N–H and O–H groups in total. The van der Waals surface area contributed by atoms with Gasteiger partial charge in [0.25, 0.3) is 0 Å². The molecule has 1 heterocycles. The van der Waals surface area contributed by atoms with E-state index in [0.717, 1.165) is 10.4 Å². The number of benzene rings is 1. The minimum atomic E-state index is -2.85. The van der Waals surface area contributed by atoms with Crippen LogP contribution in [0.1, 0.15) is 33.1 Å². The summed E-state index contributed by atoms with van der Waals surface area (Å²) in [5.41, 5.74) is 0.811. The second-order valence-electron chi connectivity index (χ2n) is 6.99. The fourth-order valence-electron chi connectivity index (χ4n) is 4.79. The maximum absolute atomic E-state index is 7.08. The predicted molar refractivity (Wildman–Crippen MR) is 80.9 cm³/mol. The molecule has 2 bridgehead atoms. The Morgan fingerprint density at radius 1 is 1.26 bits per heavy atom. The van der Waals surface area contributed by atoms with Crippen LogP contribution in [-0.4, -0.2) is 23.6 Å². The molecule has 2 saturated carbocycles. The molecule has 3 aliphatic rings. The molecule has 3 fully saturated rings. The first-order valence-electron chi connectivity index (χ1n) is 7.22. The monoisotopic (exact) mass is 394 g/mol. The summed E-state index contributed by atoms with van der Waals surface area (Å²) >= 11 is -2.85. The summed E-state index contributed by atoms with van der Waals surface area (Å²) in [6.07, 6.45) is 4.42. The molecular formula is C16H21ClOTe. The molecule has 4 unspecified atom stereocenters. The van der Waals surface area contributed by atoms with Crippen LogP contribution in [-0.2, 0) is 3.10 Å². The van der Waals surface area contributed by atoms with Gasteiger partial charge in [0, 0.05) is 0 Å². The first-order chi connectivity index (χ1) is 8.98. The van der Waals surface area contributed by atoms with E-state index >= 15 is 0 Å². The van der Waals surface area contributed by atoms with Crippen LogP contribution in [0.4, 0.5) is 0 Å². The van der Waals surface area contributed by atoms with Crippen LogP contribution in [0.2, 0.25) is 4.47 Å². The molecule has 104 valence electrons. The Morgan fingerprint density at radius 2 is 2.00 bits per heavy atom. The third-order valence-electron chi connectivity index (χ3n) is 6.16. The fourth-order valence-corrected chi connectivity index (χ4v) is 15.7. The third-order valence-corrected chi connectivity index (χ3v) is 15.4. The standard InChI is InChI=1S/C16H21ClOTe/c1-15(2)12-8-9-16(15)11-19(17,18-14(16)10-12)13-6-4-3-5-7-13/h3-7,12,14H,8-11H2,1-2H3. The summed E-state index contributed by atoms with van der Waals surface area (Å²) in [5, 5.41) is 0. The molecule has 4 rings (SSSR count). The molecule has 2 aliphatic carbocycles. The molecule has 3 heteroatoms. The van der Waals surface area contributed by atoms with Gasteiger partial charge >= 0.3 is 124 Å². The van der Waals surface area contributed by atoms with Crippen molar-refractivity contribution in [2.45, 2.75) is 43.7 Å². The molecule has 0 amide bonds. The second-order valence-corrected chi connectivity index (χ2v) is 16.4. The van der Waals surface area contributed by atoms with E-state index in [4.69, 9.17) is 12.1 Å². The van der Waals surface area contributed by atoms with Crippen molar-refractivity contribution >= 4 is 30.0 Å². The maximum atomic E-state index is 7.08. The third kappa shape index (κ3) is 1.53. The SMILES string of the molecule is CC1(C)C2CCC13C[Te](Cl)(c1ccccc1)OC3C2. The molecule has 19 heavy (non-hydrogen) atoms. The van der Waals surface area contributed by atoms with Gasteiger partial charge in [-0.3, -0.25) is 0 Å². The van der Waals surface area contributed by atoms with Gasteiger partial charge in [0.1, 0.15) is 0 Å². The molecule has 1 aromatic rings. The molecule has 4 atom stereocenters. The zero-order chi connectivity index (χ0) is 13.3. The molecule has 1 aliphatic heterocycles. The van der Waals surface area contributed by atoms with E-state index in [9.17, 15) is 0 Å². The topological polar surface area (TPSA) is 9.23 Å². The fraction of sp³-hybridized carbons (Fsp3) is 0.625. The summed E-state index contributed by atoms with van der Waals surface area (Å²) in [6, 6.07) is 10.6. The molecule has 1 saturated heterocycles. The van der Waals surface area contributed by atoms with Crippen LogP contribution in [0.25, 0.3) is 0 Å². The molecule has 0 radical (unpaired) electrons. The van der Waals surface area contributed by atoms with Gasteiger partial charge in [-0.05, 0) is 0 Å². The van der Waals surface area contributed by atoms with Crippen LogP contribution >= 0.6 is 8.96 Å².